The van der Waals surface area contributed by atoms with Crippen LogP contribution in [0.2, 0.25) is 0 Å². The van der Waals surface area contributed by atoms with Gasteiger partial charge < -0.3 is 11.1 Å². The first-order valence-electron chi connectivity index (χ1n) is 6.88. The number of halogens is 4. The van der Waals surface area contributed by atoms with Crippen molar-refractivity contribution in [2.24, 2.45) is 11.7 Å². The molecule has 0 heterocycles. The maximum absolute atomic E-state index is 12.4. The molecule has 1 amide bonds. The van der Waals surface area contributed by atoms with Crippen LogP contribution >= 0.6 is 12.4 Å². The summed E-state index contributed by atoms with van der Waals surface area (Å²) in [6.45, 7) is 4.41. The Hall–Kier alpha value is -1.27. The maximum Gasteiger partial charge on any atom is 0.416 e. The molecule has 0 aliphatic heterocycles. The lowest BCUT2D eigenvalue weighted by Crippen LogP contribution is -2.41. The van der Waals surface area contributed by atoms with Gasteiger partial charge in [0.05, 0.1) is 12.0 Å². The van der Waals surface area contributed by atoms with Gasteiger partial charge in [0.2, 0.25) is 5.91 Å². The highest BCUT2D eigenvalue weighted by Gasteiger charge is 2.29. The van der Waals surface area contributed by atoms with Gasteiger partial charge in [-0.25, -0.2) is 0 Å². The Labute approximate surface area is 134 Å². The highest BCUT2D eigenvalue weighted by Crippen LogP contribution is 2.29. The molecule has 1 aromatic rings. The maximum atomic E-state index is 12.4. The van der Waals surface area contributed by atoms with Crippen molar-refractivity contribution < 1.29 is 18.0 Å². The zero-order valence-corrected chi connectivity index (χ0v) is 13.4. The molecule has 1 unspecified atom stereocenters. The summed E-state index contributed by atoms with van der Waals surface area (Å²) in [5, 5.41) is 2.81. The Bertz CT molecular complexity index is 461. The molecule has 0 fully saturated rings. The minimum Gasteiger partial charge on any atom is -0.352 e. The van der Waals surface area contributed by atoms with Crippen molar-refractivity contribution in [1.29, 1.82) is 0 Å². The van der Waals surface area contributed by atoms with Gasteiger partial charge in [-0.1, -0.05) is 26.0 Å². The lowest BCUT2D eigenvalue weighted by atomic mass is 10.0. The molecule has 0 saturated heterocycles. The predicted molar refractivity (Wildman–Crippen MR) is 82.8 cm³/mol. The Kier molecular flexibility index (Phi) is 8.48. The molecule has 22 heavy (non-hydrogen) atoms. The number of nitrogens with one attached hydrogen (secondary N) is 1. The van der Waals surface area contributed by atoms with E-state index in [1.165, 1.54) is 12.1 Å². The standard InChI is InChI=1S/C15H21F3N2O.ClH/c1-10(2)7-13(9-19)20-14(21)8-11-3-5-12(6-4-11)15(16,17)18;/h3-6,10,13H,7-9,19H2,1-2H3,(H,20,21);1H. The second-order valence-corrected chi connectivity index (χ2v) is 5.50. The number of hydrogen-bond donors (Lipinski definition) is 2. The zero-order chi connectivity index (χ0) is 16.0. The molecule has 1 aromatic carbocycles. The van der Waals surface area contributed by atoms with Gasteiger partial charge in [-0.05, 0) is 30.0 Å². The zero-order valence-electron chi connectivity index (χ0n) is 12.6. The minimum atomic E-state index is -4.36. The molecule has 3 nitrogen and oxygen atoms in total. The van der Waals surface area contributed by atoms with Crippen LogP contribution in [0.1, 0.15) is 31.4 Å². The van der Waals surface area contributed by atoms with Crippen molar-refractivity contribution in [3.8, 4) is 0 Å². The Balaban J connectivity index is 0.00000441. The first-order chi connectivity index (χ1) is 9.72. The van der Waals surface area contributed by atoms with E-state index in [9.17, 15) is 18.0 Å². The van der Waals surface area contributed by atoms with Crippen LogP contribution in [-0.2, 0) is 17.4 Å². The third-order valence-corrected chi connectivity index (χ3v) is 3.05. The number of benzene rings is 1. The van der Waals surface area contributed by atoms with E-state index < -0.39 is 11.7 Å². The summed E-state index contributed by atoms with van der Waals surface area (Å²) in [5.41, 5.74) is 5.42. The SMILES string of the molecule is CC(C)CC(CN)NC(=O)Cc1ccc(C(F)(F)F)cc1.Cl. The van der Waals surface area contributed by atoms with Gasteiger partial charge in [-0.2, -0.15) is 13.2 Å². The van der Waals surface area contributed by atoms with E-state index in [2.05, 4.69) is 5.32 Å². The third kappa shape index (κ3) is 7.13. The van der Waals surface area contributed by atoms with Crippen molar-refractivity contribution in [3.63, 3.8) is 0 Å². The normalized spacial score (nSPS) is 12.7. The van der Waals surface area contributed by atoms with Crippen LogP contribution in [0.4, 0.5) is 13.2 Å². The van der Waals surface area contributed by atoms with Crippen LogP contribution in [-0.4, -0.2) is 18.5 Å². The molecule has 0 aliphatic rings. The van der Waals surface area contributed by atoms with Gasteiger partial charge in [-0.15, -0.1) is 12.4 Å². The molecule has 7 heteroatoms. The average Bonchev–Trinajstić information content (AvgIpc) is 2.36. The molecule has 0 saturated carbocycles. The number of hydrogen-bond acceptors (Lipinski definition) is 2. The fourth-order valence-corrected chi connectivity index (χ4v) is 2.06. The van der Waals surface area contributed by atoms with E-state index in [4.69, 9.17) is 5.73 Å². The van der Waals surface area contributed by atoms with Gasteiger partial charge in [0, 0.05) is 12.6 Å². The molecule has 0 aliphatic carbocycles. The van der Waals surface area contributed by atoms with Gasteiger partial charge in [0.1, 0.15) is 0 Å². The minimum absolute atomic E-state index is 0. The van der Waals surface area contributed by atoms with Gasteiger partial charge in [0.15, 0.2) is 0 Å². The summed E-state index contributed by atoms with van der Waals surface area (Å²) in [6, 6.07) is 4.51. The van der Waals surface area contributed by atoms with Crippen molar-refractivity contribution in [2.45, 2.75) is 38.9 Å². The summed E-state index contributed by atoms with van der Waals surface area (Å²) >= 11 is 0. The summed E-state index contributed by atoms with van der Waals surface area (Å²) in [5.74, 6) is 0.177. The molecule has 126 valence electrons. The summed E-state index contributed by atoms with van der Waals surface area (Å²) in [6.07, 6.45) is -3.54. The Morgan fingerprint density at radius 3 is 2.18 bits per heavy atom. The fraction of sp³-hybridized carbons (Fsp3) is 0.533. The fourth-order valence-electron chi connectivity index (χ4n) is 2.06. The van der Waals surface area contributed by atoms with Crippen LogP contribution in [0.15, 0.2) is 24.3 Å². The van der Waals surface area contributed by atoms with Gasteiger partial charge in [-0.3, -0.25) is 4.79 Å². The Morgan fingerprint density at radius 2 is 1.77 bits per heavy atom. The van der Waals surface area contributed by atoms with Crippen LogP contribution < -0.4 is 11.1 Å². The first kappa shape index (κ1) is 20.7. The van der Waals surface area contributed by atoms with E-state index in [0.29, 0.717) is 18.0 Å². The van der Waals surface area contributed by atoms with Crippen molar-refractivity contribution in [1.82, 2.24) is 5.32 Å². The smallest absolute Gasteiger partial charge is 0.352 e. The van der Waals surface area contributed by atoms with Gasteiger partial charge in [0.25, 0.3) is 0 Å². The third-order valence-electron chi connectivity index (χ3n) is 3.05. The van der Waals surface area contributed by atoms with E-state index >= 15 is 0 Å². The quantitative estimate of drug-likeness (QED) is 0.837. The molecule has 0 spiro atoms. The number of carbonyl (C=O) groups excluding carboxylic acids is 1. The van der Waals surface area contributed by atoms with E-state index in [1.807, 2.05) is 13.8 Å². The molecule has 1 atom stereocenters. The molecule has 0 bridgehead atoms. The summed E-state index contributed by atoms with van der Waals surface area (Å²) in [4.78, 5) is 11.9. The lowest BCUT2D eigenvalue weighted by molar-refractivity contribution is -0.137. The van der Waals surface area contributed by atoms with E-state index in [1.54, 1.807) is 0 Å². The first-order valence-corrected chi connectivity index (χ1v) is 6.88. The lowest BCUT2D eigenvalue weighted by Gasteiger charge is -2.18. The second-order valence-electron chi connectivity index (χ2n) is 5.50. The predicted octanol–water partition coefficient (Wildman–Crippen LogP) is 3.16. The summed E-state index contributed by atoms with van der Waals surface area (Å²) < 4.78 is 37.3. The molecular weight excluding hydrogens is 317 g/mol. The molecule has 3 N–H and O–H groups in total. The number of alkyl halides is 3. The largest absolute Gasteiger partial charge is 0.416 e. The topological polar surface area (TPSA) is 55.1 Å². The van der Waals surface area contributed by atoms with Crippen LogP contribution in [0, 0.1) is 5.92 Å². The number of nitrogens with two attached hydrogens (primary N) is 1. The molecular formula is C15H22ClF3N2O. The van der Waals surface area contributed by atoms with E-state index in [0.717, 1.165) is 18.6 Å². The highest BCUT2D eigenvalue weighted by molar-refractivity contribution is 5.85. The van der Waals surface area contributed by atoms with Crippen LogP contribution in [0.3, 0.4) is 0 Å². The number of carbonyl (C=O) groups is 1. The van der Waals surface area contributed by atoms with Crippen molar-refractivity contribution in [3.05, 3.63) is 35.4 Å². The molecule has 1 rings (SSSR count). The monoisotopic (exact) mass is 338 g/mol. The van der Waals surface area contributed by atoms with Crippen LogP contribution in [0.25, 0.3) is 0 Å². The van der Waals surface area contributed by atoms with Crippen molar-refractivity contribution in [2.75, 3.05) is 6.54 Å². The average molecular weight is 339 g/mol. The van der Waals surface area contributed by atoms with E-state index in [-0.39, 0.29) is 30.8 Å². The van der Waals surface area contributed by atoms with Crippen molar-refractivity contribution >= 4 is 18.3 Å². The van der Waals surface area contributed by atoms with Crippen LogP contribution in [0.5, 0.6) is 0 Å². The summed E-state index contributed by atoms with van der Waals surface area (Å²) in [7, 11) is 0. The molecule has 0 aromatic heterocycles. The number of amides is 1. The highest BCUT2D eigenvalue weighted by atomic mass is 35.5. The second kappa shape index (κ2) is 9.00. The number of rotatable bonds is 6. The molecule has 0 radical (unpaired) electrons. The Morgan fingerprint density at radius 1 is 1.23 bits per heavy atom. The van der Waals surface area contributed by atoms with Gasteiger partial charge >= 0.3 is 6.18 Å².